The van der Waals surface area contributed by atoms with Crippen molar-refractivity contribution in [2.75, 3.05) is 40.4 Å². The fourth-order valence-corrected chi connectivity index (χ4v) is 1.98. The Hall–Kier alpha value is -0.680. The van der Waals surface area contributed by atoms with Crippen molar-refractivity contribution in [1.29, 1.82) is 0 Å². The summed E-state index contributed by atoms with van der Waals surface area (Å²) in [6.07, 6.45) is 1.01. The van der Waals surface area contributed by atoms with Crippen molar-refractivity contribution < 1.29 is 9.13 Å². The molecule has 3 nitrogen and oxygen atoms in total. The molecule has 0 aliphatic heterocycles. The van der Waals surface area contributed by atoms with Crippen LogP contribution in [-0.2, 0) is 11.3 Å². The number of hydrogen-bond acceptors (Lipinski definition) is 3. The minimum Gasteiger partial charge on any atom is -0.383 e. The SMILES string of the molecule is COCCN(C)CCCNCc1c(F)cccc1Cl. The monoisotopic (exact) mass is 288 g/mol. The van der Waals surface area contributed by atoms with Crippen LogP contribution in [0.2, 0.25) is 5.02 Å². The summed E-state index contributed by atoms with van der Waals surface area (Å²) in [4.78, 5) is 2.21. The minimum absolute atomic E-state index is 0.253. The van der Waals surface area contributed by atoms with Crippen molar-refractivity contribution in [2.24, 2.45) is 0 Å². The summed E-state index contributed by atoms with van der Waals surface area (Å²) < 4.78 is 18.5. The lowest BCUT2D eigenvalue weighted by molar-refractivity contribution is 0.160. The maximum Gasteiger partial charge on any atom is 0.129 e. The Bertz CT molecular complexity index is 356. The first-order valence-electron chi connectivity index (χ1n) is 6.46. The molecule has 1 rings (SSSR count). The number of ether oxygens (including phenoxy) is 1. The zero-order valence-electron chi connectivity index (χ0n) is 11.6. The molecule has 0 saturated heterocycles. The van der Waals surface area contributed by atoms with Gasteiger partial charge in [-0.1, -0.05) is 17.7 Å². The minimum atomic E-state index is -0.253. The molecule has 108 valence electrons. The Morgan fingerprint density at radius 3 is 2.84 bits per heavy atom. The van der Waals surface area contributed by atoms with Gasteiger partial charge in [0.15, 0.2) is 0 Å². The van der Waals surface area contributed by atoms with E-state index in [0.717, 1.165) is 32.7 Å². The number of likely N-dealkylation sites (N-methyl/N-ethyl adjacent to an activating group) is 1. The van der Waals surface area contributed by atoms with E-state index < -0.39 is 0 Å². The second-order valence-corrected chi connectivity index (χ2v) is 4.93. The van der Waals surface area contributed by atoms with Crippen LogP contribution in [0.15, 0.2) is 18.2 Å². The van der Waals surface area contributed by atoms with Crippen LogP contribution in [0.3, 0.4) is 0 Å². The van der Waals surface area contributed by atoms with Gasteiger partial charge < -0.3 is 15.0 Å². The van der Waals surface area contributed by atoms with Gasteiger partial charge >= 0.3 is 0 Å². The molecule has 0 spiro atoms. The van der Waals surface area contributed by atoms with Crippen LogP contribution >= 0.6 is 11.6 Å². The highest BCUT2D eigenvalue weighted by Gasteiger charge is 2.05. The van der Waals surface area contributed by atoms with E-state index in [-0.39, 0.29) is 5.82 Å². The summed E-state index contributed by atoms with van der Waals surface area (Å²) in [5.41, 5.74) is 0.539. The van der Waals surface area contributed by atoms with Gasteiger partial charge in [0.25, 0.3) is 0 Å². The Morgan fingerprint density at radius 1 is 1.37 bits per heavy atom. The van der Waals surface area contributed by atoms with E-state index in [2.05, 4.69) is 17.3 Å². The Morgan fingerprint density at radius 2 is 2.16 bits per heavy atom. The third-order valence-corrected chi connectivity index (χ3v) is 3.29. The lowest BCUT2D eigenvalue weighted by Crippen LogP contribution is -2.27. The number of nitrogens with one attached hydrogen (secondary N) is 1. The quantitative estimate of drug-likeness (QED) is 0.707. The highest BCUT2D eigenvalue weighted by atomic mass is 35.5. The fraction of sp³-hybridized carbons (Fsp3) is 0.571. The molecule has 0 atom stereocenters. The van der Waals surface area contributed by atoms with E-state index in [9.17, 15) is 4.39 Å². The first-order chi connectivity index (χ1) is 9.15. The van der Waals surface area contributed by atoms with Crippen LogP contribution < -0.4 is 5.32 Å². The molecule has 0 aromatic heterocycles. The van der Waals surface area contributed by atoms with E-state index in [1.165, 1.54) is 6.07 Å². The molecule has 0 amide bonds. The van der Waals surface area contributed by atoms with Crippen molar-refractivity contribution >= 4 is 11.6 Å². The summed E-state index contributed by atoms with van der Waals surface area (Å²) in [7, 11) is 3.76. The average molecular weight is 289 g/mol. The van der Waals surface area contributed by atoms with Crippen LogP contribution in [0, 0.1) is 5.82 Å². The van der Waals surface area contributed by atoms with Gasteiger partial charge in [-0.25, -0.2) is 4.39 Å². The predicted molar refractivity (Wildman–Crippen MR) is 77.1 cm³/mol. The molecule has 0 aliphatic rings. The van der Waals surface area contributed by atoms with E-state index in [1.807, 2.05) is 0 Å². The van der Waals surface area contributed by atoms with Crippen LogP contribution in [0.25, 0.3) is 0 Å². The number of rotatable bonds is 9. The van der Waals surface area contributed by atoms with Gasteiger partial charge in [-0.3, -0.25) is 0 Å². The molecule has 0 bridgehead atoms. The van der Waals surface area contributed by atoms with Gasteiger partial charge in [0, 0.05) is 30.8 Å². The number of hydrogen-bond donors (Lipinski definition) is 1. The van der Waals surface area contributed by atoms with Crippen molar-refractivity contribution in [3.05, 3.63) is 34.6 Å². The summed E-state index contributed by atoms with van der Waals surface area (Å²) in [6.45, 7) is 3.96. The van der Waals surface area contributed by atoms with Crippen molar-refractivity contribution in [3.63, 3.8) is 0 Å². The molecule has 5 heteroatoms. The predicted octanol–water partition coefficient (Wildman–Crippen LogP) is 2.54. The van der Waals surface area contributed by atoms with Crippen molar-refractivity contribution in [1.82, 2.24) is 10.2 Å². The Balaban J connectivity index is 2.17. The number of methoxy groups -OCH3 is 1. The molecule has 0 saturated carbocycles. The molecule has 19 heavy (non-hydrogen) atoms. The summed E-state index contributed by atoms with van der Waals surface area (Å²) in [5.74, 6) is -0.253. The van der Waals surface area contributed by atoms with Crippen LogP contribution in [0.4, 0.5) is 4.39 Å². The molecule has 0 heterocycles. The summed E-state index contributed by atoms with van der Waals surface area (Å²) in [6, 6.07) is 4.76. The molecular weight excluding hydrogens is 267 g/mol. The second-order valence-electron chi connectivity index (χ2n) is 4.53. The first kappa shape index (κ1) is 16.4. The zero-order valence-corrected chi connectivity index (χ0v) is 12.3. The first-order valence-corrected chi connectivity index (χ1v) is 6.84. The van der Waals surface area contributed by atoms with E-state index in [4.69, 9.17) is 16.3 Å². The van der Waals surface area contributed by atoms with Gasteiger partial charge in [-0.2, -0.15) is 0 Å². The largest absolute Gasteiger partial charge is 0.383 e. The van der Waals surface area contributed by atoms with E-state index in [1.54, 1.807) is 19.2 Å². The number of benzene rings is 1. The smallest absolute Gasteiger partial charge is 0.129 e. The van der Waals surface area contributed by atoms with E-state index >= 15 is 0 Å². The van der Waals surface area contributed by atoms with Gasteiger partial charge in [-0.05, 0) is 38.7 Å². The van der Waals surface area contributed by atoms with Gasteiger partial charge in [0.1, 0.15) is 5.82 Å². The molecule has 1 aromatic rings. The molecule has 1 N–H and O–H groups in total. The molecule has 0 fully saturated rings. The van der Waals surface area contributed by atoms with Gasteiger partial charge in [0.2, 0.25) is 0 Å². The molecule has 0 unspecified atom stereocenters. The van der Waals surface area contributed by atoms with Crippen molar-refractivity contribution in [2.45, 2.75) is 13.0 Å². The maximum atomic E-state index is 13.5. The molecular formula is C14H22ClFN2O. The Labute approximate surface area is 119 Å². The van der Waals surface area contributed by atoms with Crippen LogP contribution in [0.5, 0.6) is 0 Å². The highest BCUT2D eigenvalue weighted by molar-refractivity contribution is 6.31. The fourth-order valence-electron chi connectivity index (χ4n) is 1.75. The normalized spacial score (nSPS) is 11.2. The molecule has 0 radical (unpaired) electrons. The van der Waals surface area contributed by atoms with Crippen LogP contribution in [0.1, 0.15) is 12.0 Å². The summed E-state index contributed by atoms with van der Waals surface area (Å²) >= 11 is 5.95. The average Bonchev–Trinajstić information content (AvgIpc) is 2.39. The lowest BCUT2D eigenvalue weighted by Gasteiger charge is -2.16. The van der Waals surface area contributed by atoms with Crippen LogP contribution in [-0.4, -0.2) is 45.3 Å². The Kier molecular flexibility index (Phi) is 7.98. The van der Waals surface area contributed by atoms with Gasteiger partial charge in [0.05, 0.1) is 6.61 Å². The standard InChI is InChI=1S/C14H22ClFN2O/c1-18(9-10-19-2)8-4-7-17-11-12-13(15)5-3-6-14(12)16/h3,5-6,17H,4,7-11H2,1-2H3. The van der Waals surface area contributed by atoms with E-state index in [0.29, 0.717) is 17.1 Å². The number of nitrogens with zero attached hydrogens (tertiary/aromatic N) is 1. The number of halogens is 2. The molecule has 1 aromatic carbocycles. The highest BCUT2D eigenvalue weighted by Crippen LogP contribution is 2.18. The maximum absolute atomic E-state index is 13.5. The lowest BCUT2D eigenvalue weighted by atomic mass is 10.2. The third kappa shape index (κ3) is 6.34. The summed E-state index contributed by atoms with van der Waals surface area (Å²) in [5, 5.41) is 3.69. The third-order valence-electron chi connectivity index (χ3n) is 2.93. The van der Waals surface area contributed by atoms with Gasteiger partial charge in [-0.15, -0.1) is 0 Å². The second kappa shape index (κ2) is 9.26. The molecule has 0 aliphatic carbocycles. The van der Waals surface area contributed by atoms with Crippen molar-refractivity contribution in [3.8, 4) is 0 Å². The zero-order chi connectivity index (χ0) is 14.1. The topological polar surface area (TPSA) is 24.5 Å².